The average Bonchev–Trinajstić information content (AvgIpc) is 2.82. The van der Waals surface area contributed by atoms with Gasteiger partial charge in [0, 0.05) is 23.3 Å². The number of hydrogen-bond donors (Lipinski definition) is 0. The Morgan fingerprint density at radius 2 is 0.639 bits per heavy atom. The average molecular weight is 494 g/mol. The maximum atomic E-state index is 2.36. The van der Waals surface area contributed by atoms with E-state index in [1.807, 2.05) is 11.3 Å². The monoisotopic (exact) mass is 493 g/mol. The summed E-state index contributed by atoms with van der Waals surface area (Å²) in [5, 5.41) is 0. The topological polar surface area (TPSA) is 0 Å². The molecule has 0 radical (unpaired) electrons. The van der Waals surface area contributed by atoms with Crippen LogP contribution in [0.15, 0.2) is 84.9 Å². The van der Waals surface area contributed by atoms with Gasteiger partial charge in [0.15, 0.2) is 0 Å². The molecular weight excluding hydrogens is 452 g/mol. The summed E-state index contributed by atoms with van der Waals surface area (Å²) in [4.78, 5) is 2.59. The maximum Gasteiger partial charge on any atom is 0.239 e. The third-order valence-corrected chi connectivity index (χ3v) is 8.10. The molecule has 0 aliphatic carbocycles. The molecule has 0 atom stereocenters. The number of hydrogen-bond acceptors (Lipinski definition) is 0. The standard InChI is InChI=1S/C35H41S/c1-33(2,3)28-16-10-24(11-17-28)27-22-31(25-12-18-29(19-13-25)34(4,5)6)36-32(23-27)26-14-20-30(21-15-26)35(7,8)9/h10-23H,1-9H3/q+1. The summed E-state index contributed by atoms with van der Waals surface area (Å²) < 4.78 is 0. The first-order valence-corrected chi connectivity index (χ1v) is 13.8. The molecule has 0 fully saturated rings. The summed E-state index contributed by atoms with van der Waals surface area (Å²) in [6, 6.07) is 32.1. The van der Waals surface area contributed by atoms with Gasteiger partial charge in [0.05, 0.1) is 0 Å². The van der Waals surface area contributed by atoms with Crippen LogP contribution in [-0.2, 0) is 16.2 Å². The van der Waals surface area contributed by atoms with Gasteiger partial charge in [-0.1, -0.05) is 111 Å². The van der Waals surface area contributed by atoms with E-state index in [4.69, 9.17) is 0 Å². The van der Waals surface area contributed by atoms with Crippen molar-refractivity contribution in [3.8, 4) is 32.0 Å². The van der Waals surface area contributed by atoms with Crippen LogP contribution in [0.1, 0.15) is 79.0 Å². The van der Waals surface area contributed by atoms with Gasteiger partial charge in [-0.05, 0) is 68.3 Å². The van der Waals surface area contributed by atoms with Gasteiger partial charge >= 0.3 is 0 Å². The fraction of sp³-hybridized carbons (Fsp3) is 0.343. The summed E-state index contributed by atoms with van der Waals surface area (Å²) in [5.41, 5.74) is 9.61. The van der Waals surface area contributed by atoms with Gasteiger partial charge < -0.3 is 0 Å². The Bertz CT molecular complexity index is 1140. The van der Waals surface area contributed by atoms with Gasteiger partial charge in [-0.2, -0.15) is 0 Å². The van der Waals surface area contributed by atoms with E-state index in [0.717, 1.165) is 0 Å². The second-order valence-electron chi connectivity index (χ2n) is 13.1. The highest BCUT2D eigenvalue weighted by atomic mass is 32.1. The fourth-order valence-corrected chi connectivity index (χ4v) is 5.50. The van der Waals surface area contributed by atoms with Gasteiger partial charge in [-0.15, -0.1) is 0 Å². The molecule has 4 rings (SSSR count). The zero-order chi connectivity index (χ0) is 26.3. The Morgan fingerprint density at radius 3 is 0.917 bits per heavy atom. The summed E-state index contributed by atoms with van der Waals surface area (Å²) in [6.07, 6.45) is 0. The van der Waals surface area contributed by atoms with E-state index in [0.29, 0.717) is 0 Å². The first-order valence-electron chi connectivity index (χ1n) is 13.0. The fourth-order valence-electron chi connectivity index (χ4n) is 4.38. The van der Waals surface area contributed by atoms with Crippen molar-refractivity contribution in [2.75, 3.05) is 0 Å². The zero-order valence-electron chi connectivity index (χ0n) is 23.5. The summed E-state index contributed by atoms with van der Waals surface area (Å²) in [7, 11) is 0. The van der Waals surface area contributed by atoms with Crippen LogP contribution in [0.3, 0.4) is 0 Å². The molecule has 36 heavy (non-hydrogen) atoms. The second-order valence-corrected chi connectivity index (χ2v) is 14.1. The highest BCUT2D eigenvalue weighted by molar-refractivity contribution is 7.18. The van der Waals surface area contributed by atoms with Crippen LogP contribution in [0.5, 0.6) is 0 Å². The van der Waals surface area contributed by atoms with E-state index in [1.54, 1.807) is 0 Å². The summed E-state index contributed by atoms with van der Waals surface area (Å²) >= 11 is 1.87. The van der Waals surface area contributed by atoms with Crippen LogP contribution in [-0.4, -0.2) is 0 Å². The predicted octanol–water partition coefficient (Wildman–Crippen LogP) is 10.9. The lowest BCUT2D eigenvalue weighted by atomic mass is 9.86. The van der Waals surface area contributed by atoms with Crippen LogP contribution in [0.2, 0.25) is 0 Å². The number of rotatable bonds is 3. The molecule has 1 heteroatoms. The molecule has 1 aromatic heterocycles. The largest absolute Gasteiger partial charge is 0.239 e. The summed E-state index contributed by atoms with van der Waals surface area (Å²) in [5.74, 6) is 0. The molecule has 0 N–H and O–H groups in total. The predicted molar refractivity (Wildman–Crippen MR) is 161 cm³/mol. The van der Waals surface area contributed by atoms with Crippen molar-refractivity contribution in [2.45, 2.75) is 78.6 Å². The lowest BCUT2D eigenvalue weighted by molar-refractivity contribution is 0.590. The van der Waals surface area contributed by atoms with Crippen molar-refractivity contribution in [2.24, 2.45) is 0 Å². The van der Waals surface area contributed by atoms with Gasteiger partial charge in [0.1, 0.15) is 0 Å². The number of benzene rings is 3. The lowest BCUT2D eigenvalue weighted by Crippen LogP contribution is -2.10. The molecule has 186 valence electrons. The van der Waals surface area contributed by atoms with Crippen molar-refractivity contribution in [1.29, 1.82) is 0 Å². The Labute approximate surface area is 223 Å². The molecule has 0 unspecified atom stereocenters. The van der Waals surface area contributed by atoms with Crippen LogP contribution < -0.4 is 0 Å². The van der Waals surface area contributed by atoms with Crippen molar-refractivity contribution in [3.63, 3.8) is 0 Å². The third-order valence-electron chi connectivity index (χ3n) is 6.95. The van der Waals surface area contributed by atoms with Gasteiger partial charge in [-0.3, -0.25) is 0 Å². The Kier molecular flexibility index (Phi) is 7.01. The second kappa shape index (κ2) is 9.60. The van der Waals surface area contributed by atoms with Crippen molar-refractivity contribution in [1.82, 2.24) is 0 Å². The van der Waals surface area contributed by atoms with Gasteiger partial charge in [0.25, 0.3) is 0 Å². The minimum atomic E-state index is 0.150. The first-order chi connectivity index (χ1) is 16.7. The Morgan fingerprint density at radius 1 is 0.361 bits per heavy atom. The quantitative estimate of drug-likeness (QED) is 0.249. The highest BCUT2D eigenvalue weighted by Gasteiger charge is 2.22. The molecule has 0 bridgehead atoms. The molecule has 1 heterocycles. The molecule has 4 aromatic rings. The van der Waals surface area contributed by atoms with E-state index < -0.39 is 0 Å². The minimum absolute atomic E-state index is 0.150. The van der Waals surface area contributed by atoms with E-state index in [1.165, 1.54) is 48.7 Å². The maximum absolute atomic E-state index is 2.36. The molecular formula is C35H41S+. The van der Waals surface area contributed by atoms with E-state index in [9.17, 15) is 0 Å². The van der Waals surface area contributed by atoms with Crippen LogP contribution in [0.4, 0.5) is 0 Å². The normalized spacial score (nSPS) is 12.6. The molecule has 0 saturated carbocycles. The van der Waals surface area contributed by atoms with Crippen molar-refractivity contribution >= 4 is 11.3 Å². The smallest absolute Gasteiger partial charge is 0.0579 e. The van der Waals surface area contributed by atoms with Gasteiger partial charge in [-0.25, -0.2) is 0 Å². The molecule has 0 amide bonds. The van der Waals surface area contributed by atoms with Crippen LogP contribution in [0, 0.1) is 0 Å². The van der Waals surface area contributed by atoms with E-state index >= 15 is 0 Å². The molecule has 0 aliphatic heterocycles. The highest BCUT2D eigenvalue weighted by Crippen LogP contribution is 2.39. The van der Waals surface area contributed by atoms with E-state index in [2.05, 4.69) is 147 Å². The Balaban J connectivity index is 1.82. The third kappa shape index (κ3) is 5.95. The first kappa shape index (κ1) is 26.3. The van der Waals surface area contributed by atoms with Crippen molar-refractivity contribution < 1.29 is 0 Å². The van der Waals surface area contributed by atoms with Crippen LogP contribution in [0.25, 0.3) is 32.0 Å². The van der Waals surface area contributed by atoms with E-state index in [-0.39, 0.29) is 16.2 Å². The Hall–Kier alpha value is -2.77. The summed E-state index contributed by atoms with van der Waals surface area (Å²) in [6.45, 7) is 20.4. The lowest BCUT2D eigenvalue weighted by Gasteiger charge is -2.19. The minimum Gasteiger partial charge on any atom is -0.0579 e. The van der Waals surface area contributed by atoms with Gasteiger partial charge in [0.2, 0.25) is 21.1 Å². The van der Waals surface area contributed by atoms with Crippen molar-refractivity contribution in [3.05, 3.63) is 102 Å². The zero-order valence-corrected chi connectivity index (χ0v) is 24.3. The molecule has 0 nitrogen and oxygen atoms in total. The molecule has 3 aromatic carbocycles. The molecule has 0 aliphatic rings. The SMILES string of the molecule is CC(C)(C)c1ccc(-c2cc(-c3ccc(C(C)(C)C)cc3)[s+]c(-c3ccc(C(C)(C)C)cc3)c2)cc1. The van der Waals surface area contributed by atoms with Crippen LogP contribution >= 0.6 is 11.3 Å². The molecule has 0 spiro atoms. The molecule has 0 saturated heterocycles.